The fourth-order valence-electron chi connectivity index (χ4n) is 1.59. The molecule has 100 valence electrons. The van der Waals surface area contributed by atoms with Gasteiger partial charge in [-0.15, -0.1) is 0 Å². The first kappa shape index (κ1) is 13.4. The molecule has 0 bridgehead atoms. The number of nitrogens with two attached hydrogens (primary N) is 1. The molecule has 0 aromatic carbocycles. The second-order valence-corrected chi connectivity index (χ2v) is 4.34. The summed E-state index contributed by atoms with van der Waals surface area (Å²) in [6, 6.07) is 3.37. The molecule has 2 aromatic heterocycles. The van der Waals surface area contributed by atoms with E-state index >= 15 is 0 Å². The molecule has 0 fully saturated rings. The Hall–Kier alpha value is -2.08. The van der Waals surface area contributed by atoms with Crippen LogP contribution in [-0.2, 0) is 6.54 Å². The van der Waals surface area contributed by atoms with Gasteiger partial charge in [-0.05, 0) is 18.6 Å². The number of halogens is 1. The van der Waals surface area contributed by atoms with Gasteiger partial charge >= 0.3 is 0 Å². The molecule has 0 aliphatic carbocycles. The van der Waals surface area contributed by atoms with Crippen LogP contribution in [0.2, 0.25) is 5.15 Å². The highest BCUT2D eigenvalue weighted by Gasteiger charge is 2.11. The number of hydrogen-bond donors (Lipinski definition) is 2. The van der Waals surface area contributed by atoms with Crippen LogP contribution in [0.3, 0.4) is 0 Å². The molecule has 3 N–H and O–H groups in total. The maximum Gasteiger partial charge on any atom is 0.254 e. The van der Waals surface area contributed by atoms with E-state index in [0.717, 1.165) is 13.0 Å². The van der Waals surface area contributed by atoms with Crippen LogP contribution < -0.4 is 11.1 Å². The zero-order chi connectivity index (χ0) is 13.7. The van der Waals surface area contributed by atoms with Gasteiger partial charge in [0.15, 0.2) is 0 Å². The number of nitrogen functional groups attached to an aromatic ring is 1. The average Bonchev–Trinajstić information content (AvgIpc) is 2.90. The number of amides is 1. The number of rotatable bonds is 5. The first-order valence-electron chi connectivity index (χ1n) is 5.83. The summed E-state index contributed by atoms with van der Waals surface area (Å²) in [6.07, 6.45) is 5.79. The second-order valence-electron chi connectivity index (χ2n) is 3.99. The Bertz CT molecular complexity index is 555. The number of nitrogens with one attached hydrogen (secondary N) is 1. The van der Waals surface area contributed by atoms with Gasteiger partial charge in [-0.3, -0.25) is 9.48 Å². The number of aryl methyl sites for hydroxylation is 1. The van der Waals surface area contributed by atoms with Crippen molar-refractivity contribution in [1.82, 2.24) is 20.1 Å². The fourth-order valence-corrected chi connectivity index (χ4v) is 1.78. The molecule has 0 atom stereocenters. The van der Waals surface area contributed by atoms with Crippen molar-refractivity contribution >= 4 is 23.2 Å². The number of anilines is 1. The van der Waals surface area contributed by atoms with Gasteiger partial charge < -0.3 is 11.1 Å². The lowest BCUT2D eigenvalue weighted by atomic mass is 10.2. The zero-order valence-corrected chi connectivity index (χ0v) is 11.0. The predicted molar refractivity (Wildman–Crippen MR) is 72.8 cm³/mol. The zero-order valence-electron chi connectivity index (χ0n) is 10.2. The van der Waals surface area contributed by atoms with Gasteiger partial charge in [-0.25, -0.2) is 4.98 Å². The van der Waals surface area contributed by atoms with Gasteiger partial charge in [-0.2, -0.15) is 5.10 Å². The van der Waals surface area contributed by atoms with E-state index in [-0.39, 0.29) is 11.1 Å². The minimum absolute atomic E-state index is 0.152. The van der Waals surface area contributed by atoms with Crippen molar-refractivity contribution in [3.05, 3.63) is 41.4 Å². The van der Waals surface area contributed by atoms with Crippen LogP contribution in [0.1, 0.15) is 16.8 Å². The van der Waals surface area contributed by atoms with Crippen molar-refractivity contribution in [3.8, 4) is 0 Å². The van der Waals surface area contributed by atoms with Gasteiger partial charge in [0.2, 0.25) is 0 Å². The van der Waals surface area contributed by atoms with E-state index in [9.17, 15) is 4.79 Å². The Morgan fingerprint density at radius 2 is 2.37 bits per heavy atom. The summed E-state index contributed by atoms with van der Waals surface area (Å²) in [4.78, 5) is 15.7. The van der Waals surface area contributed by atoms with Crippen molar-refractivity contribution in [2.45, 2.75) is 13.0 Å². The highest BCUT2D eigenvalue weighted by Crippen LogP contribution is 2.15. The molecule has 7 heteroatoms. The summed E-state index contributed by atoms with van der Waals surface area (Å²) in [6.45, 7) is 1.28. The highest BCUT2D eigenvalue weighted by molar-refractivity contribution is 6.32. The van der Waals surface area contributed by atoms with E-state index in [2.05, 4.69) is 15.4 Å². The van der Waals surface area contributed by atoms with E-state index < -0.39 is 0 Å². The van der Waals surface area contributed by atoms with Crippen LogP contribution in [0.15, 0.2) is 30.7 Å². The molecule has 0 unspecified atom stereocenters. The second kappa shape index (κ2) is 6.19. The predicted octanol–water partition coefficient (Wildman–Crippen LogP) is 1.33. The molecule has 6 nitrogen and oxygen atoms in total. The van der Waals surface area contributed by atoms with Crippen LogP contribution in [0.25, 0.3) is 0 Å². The van der Waals surface area contributed by atoms with Gasteiger partial charge in [0.25, 0.3) is 5.91 Å². The quantitative estimate of drug-likeness (QED) is 0.639. The lowest BCUT2D eigenvalue weighted by Crippen LogP contribution is -2.26. The molecular formula is C12H14ClN5O. The topological polar surface area (TPSA) is 85.8 Å². The van der Waals surface area contributed by atoms with Crippen molar-refractivity contribution in [2.24, 2.45) is 0 Å². The first-order chi connectivity index (χ1) is 9.16. The molecule has 1 amide bonds. The van der Waals surface area contributed by atoms with Crippen molar-refractivity contribution in [3.63, 3.8) is 0 Å². The van der Waals surface area contributed by atoms with Crippen LogP contribution in [-0.4, -0.2) is 27.2 Å². The molecule has 0 aliphatic heterocycles. The molecule has 0 saturated carbocycles. The van der Waals surface area contributed by atoms with E-state index in [1.165, 1.54) is 12.3 Å². The molecule has 2 aromatic rings. The SMILES string of the molecule is Nc1cnc(Cl)c(C(=O)NCCCn2cccn2)c1. The third kappa shape index (κ3) is 3.69. The van der Waals surface area contributed by atoms with Crippen LogP contribution in [0.4, 0.5) is 5.69 Å². The summed E-state index contributed by atoms with van der Waals surface area (Å²) in [5.74, 6) is -0.273. The Morgan fingerprint density at radius 3 is 3.11 bits per heavy atom. The highest BCUT2D eigenvalue weighted by atomic mass is 35.5. The summed E-state index contributed by atoms with van der Waals surface area (Å²) in [5.41, 5.74) is 6.27. The molecule has 2 heterocycles. The third-order valence-corrected chi connectivity index (χ3v) is 2.81. The van der Waals surface area contributed by atoms with Crippen molar-refractivity contribution < 1.29 is 4.79 Å². The number of nitrogens with zero attached hydrogens (tertiary/aromatic N) is 3. The van der Waals surface area contributed by atoms with E-state index in [1.807, 2.05) is 12.3 Å². The molecular weight excluding hydrogens is 266 g/mol. The average molecular weight is 280 g/mol. The first-order valence-corrected chi connectivity index (χ1v) is 6.21. The molecule has 0 aliphatic rings. The van der Waals surface area contributed by atoms with Crippen LogP contribution >= 0.6 is 11.6 Å². The smallest absolute Gasteiger partial charge is 0.254 e. The maximum absolute atomic E-state index is 11.9. The fraction of sp³-hybridized carbons (Fsp3) is 0.250. The molecule has 0 saturated heterocycles. The Kier molecular flexibility index (Phi) is 4.35. The third-order valence-electron chi connectivity index (χ3n) is 2.51. The number of pyridine rings is 1. The summed E-state index contributed by atoms with van der Waals surface area (Å²) >= 11 is 5.84. The molecule has 0 radical (unpaired) electrons. The Morgan fingerprint density at radius 1 is 1.53 bits per heavy atom. The van der Waals surface area contributed by atoms with Crippen LogP contribution in [0, 0.1) is 0 Å². The van der Waals surface area contributed by atoms with E-state index in [0.29, 0.717) is 17.8 Å². The van der Waals surface area contributed by atoms with Crippen molar-refractivity contribution in [1.29, 1.82) is 0 Å². The van der Waals surface area contributed by atoms with E-state index in [1.54, 1.807) is 10.9 Å². The molecule has 2 rings (SSSR count). The minimum Gasteiger partial charge on any atom is -0.397 e. The molecule has 19 heavy (non-hydrogen) atoms. The maximum atomic E-state index is 11.9. The number of hydrogen-bond acceptors (Lipinski definition) is 4. The minimum atomic E-state index is -0.273. The largest absolute Gasteiger partial charge is 0.397 e. The number of carbonyl (C=O) groups excluding carboxylic acids is 1. The lowest BCUT2D eigenvalue weighted by Gasteiger charge is -2.07. The molecule has 0 spiro atoms. The standard InChI is InChI=1S/C12H14ClN5O/c13-11-10(7-9(14)8-16-11)12(19)15-3-1-5-18-6-2-4-17-18/h2,4,6-8H,1,3,5,14H2,(H,15,19). The Labute approximate surface area is 115 Å². The normalized spacial score (nSPS) is 10.4. The Balaban J connectivity index is 1.82. The summed E-state index contributed by atoms with van der Waals surface area (Å²) < 4.78 is 1.81. The van der Waals surface area contributed by atoms with Gasteiger partial charge in [0.05, 0.1) is 17.4 Å². The monoisotopic (exact) mass is 279 g/mol. The van der Waals surface area contributed by atoms with Gasteiger partial charge in [0, 0.05) is 25.5 Å². The lowest BCUT2D eigenvalue weighted by molar-refractivity contribution is 0.0952. The van der Waals surface area contributed by atoms with Gasteiger partial charge in [0.1, 0.15) is 5.15 Å². The number of aromatic nitrogens is 3. The van der Waals surface area contributed by atoms with E-state index in [4.69, 9.17) is 17.3 Å². The number of carbonyl (C=O) groups is 1. The van der Waals surface area contributed by atoms with Crippen LogP contribution in [0.5, 0.6) is 0 Å². The summed E-state index contributed by atoms with van der Waals surface area (Å²) in [5, 5.41) is 6.99. The van der Waals surface area contributed by atoms with Crippen molar-refractivity contribution in [2.75, 3.05) is 12.3 Å². The van der Waals surface area contributed by atoms with Gasteiger partial charge in [-0.1, -0.05) is 11.6 Å². The summed E-state index contributed by atoms with van der Waals surface area (Å²) in [7, 11) is 0.